The Kier molecular flexibility index (Phi) is 5.02. The van der Waals surface area contributed by atoms with Crippen LogP contribution in [0.3, 0.4) is 0 Å². The molecular formula is C12H13BrCl2FNO2S. The number of sulfonamides is 1. The fourth-order valence-electron chi connectivity index (χ4n) is 2.33. The van der Waals surface area contributed by atoms with Gasteiger partial charge in [0, 0.05) is 17.9 Å². The van der Waals surface area contributed by atoms with Crippen molar-refractivity contribution in [3.8, 4) is 0 Å². The van der Waals surface area contributed by atoms with Crippen molar-refractivity contribution >= 4 is 49.2 Å². The van der Waals surface area contributed by atoms with Crippen molar-refractivity contribution in [3.63, 3.8) is 0 Å². The van der Waals surface area contributed by atoms with E-state index < -0.39 is 20.9 Å². The van der Waals surface area contributed by atoms with Gasteiger partial charge in [-0.2, -0.15) is 4.31 Å². The van der Waals surface area contributed by atoms with Gasteiger partial charge < -0.3 is 0 Å². The smallest absolute Gasteiger partial charge is 0.207 e. The molecule has 1 aliphatic rings. The highest BCUT2D eigenvalue weighted by atomic mass is 79.9. The molecule has 3 nitrogen and oxygen atoms in total. The highest BCUT2D eigenvalue weighted by molar-refractivity contribution is 9.09. The van der Waals surface area contributed by atoms with Gasteiger partial charge in [-0.05, 0) is 24.5 Å². The summed E-state index contributed by atoms with van der Waals surface area (Å²) in [5.74, 6) is -0.669. The van der Waals surface area contributed by atoms with Crippen LogP contribution in [0, 0.1) is 11.7 Å². The molecule has 8 heteroatoms. The third-order valence-corrected chi connectivity index (χ3v) is 6.98. The Morgan fingerprint density at radius 3 is 2.70 bits per heavy atom. The molecule has 0 radical (unpaired) electrons. The van der Waals surface area contributed by atoms with E-state index in [4.69, 9.17) is 23.2 Å². The zero-order valence-corrected chi connectivity index (χ0v) is 14.5. The van der Waals surface area contributed by atoms with E-state index in [-0.39, 0.29) is 21.9 Å². The molecule has 1 saturated heterocycles. The zero-order valence-electron chi connectivity index (χ0n) is 10.6. The second-order valence-corrected chi connectivity index (χ2v) is 8.07. The number of halogens is 4. The van der Waals surface area contributed by atoms with Crippen LogP contribution in [0.5, 0.6) is 0 Å². The first-order valence-corrected chi connectivity index (χ1v) is 9.33. The molecular weight excluding hydrogens is 392 g/mol. The van der Waals surface area contributed by atoms with E-state index in [1.807, 2.05) is 6.92 Å². The summed E-state index contributed by atoms with van der Waals surface area (Å²) in [6.07, 6.45) is 0.767. The molecule has 0 bridgehead atoms. The molecule has 1 aromatic rings. The van der Waals surface area contributed by atoms with Crippen LogP contribution in [0.25, 0.3) is 0 Å². The molecule has 0 spiro atoms. The molecule has 0 amide bonds. The first-order chi connectivity index (χ1) is 9.30. The minimum atomic E-state index is -3.83. The minimum Gasteiger partial charge on any atom is -0.207 e. The molecule has 1 heterocycles. The van der Waals surface area contributed by atoms with Gasteiger partial charge in [0.2, 0.25) is 10.0 Å². The Hall–Kier alpha value is 0.120. The average molecular weight is 405 g/mol. The molecule has 0 N–H and O–H groups in total. The maximum absolute atomic E-state index is 13.7. The Labute approximate surface area is 136 Å². The van der Waals surface area contributed by atoms with Crippen molar-refractivity contribution in [2.24, 2.45) is 5.92 Å². The summed E-state index contributed by atoms with van der Waals surface area (Å²) in [5, 5.41) is -0.118. The van der Waals surface area contributed by atoms with Crippen molar-refractivity contribution in [1.29, 1.82) is 0 Å². The summed E-state index contributed by atoms with van der Waals surface area (Å²) >= 11 is 14.7. The van der Waals surface area contributed by atoms with Crippen LogP contribution in [0.4, 0.5) is 4.39 Å². The maximum Gasteiger partial charge on any atom is 0.244 e. The van der Waals surface area contributed by atoms with Crippen molar-refractivity contribution in [3.05, 3.63) is 28.0 Å². The Morgan fingerprint density at radius 2 is 2.10 bits per heavy atom. The summed E-state index contributed by atoms with van der Waals surface area (Å²) < 4.78 is 40.4. The first kappa shape index (κ1) is 16.5. The molecule has 1 aliphatic heterocycles. The van der Waals surface area contributed by atoms with Crippen molar-refractivity contribution < 1.29 is 12.8 Å². The lowest BCUT2D eigenvalue weighted by molar-refractivity contribution is 0.378. The molecule has 0 aromatic heterocycles. The first-order valence-electron chi connectivity index (χ1n) is 6.02. The predicted octanol–water partition coefficient (Wildman–Crippen LogP) is 3.93. The van der Waals surface area contributed by atoms with Crippen LogP contribution >= 0.6 is 39.1 Å². The van der Waals surface area contributed by atoms with Gasteiger partial charge in [-0.3, -0.25) is 0 Å². The standard InChI is InChI=1S/C12H13BrCl2FNO2S/c1-7-4-5-17(9(7)6-13)20(18,19)10-3-2-8(14)12(16)11(10)15/h2-3,7,9H,4-6H2,1H3. The Balaban J connectivity index is 2.49. The van der Waals surface area contributed by atoms with E-state index in [1.165, 1.54) is 16.4 Å². The summed E-state index contributed by atoms with van der Waals surface area (Å²) in [7, 11) is -3.83. The lowest BCUT2D eigenvalue weighted by Gasteiger charge is -2.25. The fourth-order valence-corrected chi connectivity index (χ4v) is 5.97. The van der Waals surface area contributed by atoms with Crippen LogP contribution in [0.1, 0.15) is 13.3 Å². The Morgan fingerprint density at radius 1 is 1.45 bits per heavy atom. The summed E-state index contributed by atoms with van der Waals surface area (Å²) in [5.41, 5.74) is 0. The zero-order chi connectivity index (χ0) is 15.1. The maximum atomic E-state index is 13.7. The van der Waals surface area contributed by atoms with Crippen LogP contribution in [-0.4, -0.2) is 30.6 Å². The van der Waals surface area contributed by atoms with E-state index in [2.05, 4.69) is 15.9 Å². The summed E-state index contributed by atoms with van der Waals surface area (Å²) in [6.45, 7) is 2.39. The lowest BCUT2D eigenvalue weighted by atomic mass is 10.1. The van der Waals surface area contributed by atoms with Crippen LogP contribution in [0.15, 0.2) is 17.0 Å². The van der Waals surface area contributed by atoms with Gasteiger partial charge in [0.25, 0.3) is 0 Å². The largest absolute Gasteiger partial charge is 0.244 e. The van der Waals surface area contributed by atoms with E-state index in [0.29, 0.717) is 11.9 Å². The van der Waals surface area contributed by atoms with Gasteiger partial charge in [-0.25, -0.2) is 12.8 Å². The van der Waals surface area contributed by atoms with Gasteiger partial charge in [-0.15, -0.1) is 0 Å². The van der Waals surface area contributed by atoms with Gasteiger partial charge >= 0.3 is 0 Å². The minimum absolute atomic E-state index is 0.158. The van der Waals surface area contributed by atoms with E-state index in [0.717, 1.165) is 6.42 Å². The van der Waals surface area contributed by atoms with E-state index in [1.54, 1.807) is 0 Å². The topological polar surface area (TPSA) is 37.4 Å². The summed E-state index contributed by atoms with van der Waals surface area (Å²) in [6, 6.07) is 2.30. The van der Waals surface area contributed by atoms with Crippen LogP contribution in [-0.2, 0) is 10.0 Å². The number of rotatable bonds is 3. The normalized spacial score (nSPS) is 24.2. The van der Waals surface area contributed by atoms with Crippen LogP contribution < -0.4 is 0 Å². The number of alkyl halides is 1. The summed E-state index contributed by atoms with van der Waals surface area (Å²) in [4.78, 5) is -0.235. The van der Waals surface area contributed by atoms with E-state index in [9.17, 15) is 12.8 Å². The fraction of sp³-hybridized carbons (Fsp3) is 0.500. The number of hydrogen-bond donors (Lipinski definition) is 0. The molecule has 2 unspecified atom stereocenters. The van der Waals surface area contributed by atoms with Crippen LogP contribution in [0.2, 0.25) is 10.0 Å². The van der Waals surface area contributed by atoms with Gasteiger partial charge in [-0.1, -0.05) is 46.1 Å². The van der Waals surface area contributed by atoms with E-state index >= 15 is 0 Å². The van der Waals surface area contributed by atoms with Crippen molar-refractivity contribution in [2.45, 2.75) is 24.3 Å². The number of benzene rings is 1. The van der Waals surface area contributed by atoms with Gasteiger partial charge in [0.15, 0.2) is 5.82 Å². The Bertz CT molecular complexity index is 626. The van der Waals surface area contributed by atoms with Crippen molar-refractivity contribution in [1.82, 2.24) is 4.31 Å². The highest BCUT2D eigenvalue weighted by Crippen LogP contribution is 2.36. The molecule has 20 heavy (non-hydrogen) atoms. The van der Waals surface area contributed by atoms with Gasteiger partial charge in [0.05, 0.1) is 10.0 Å². The molecule has 1 fully saturated rings. The number of nitrogens with zero attached hydrogens (tertiary/aromatic N) is 1. The molecule has 1 aromatic carbocycles. The predicted molar refractivity (Wildman–Crippen MR) is 81.7 cm³/mol. The molecule has 0 saturated carbocycles. The van der Waals surface area contributed by atoms with Crippen molar-refractivity contribution in [2.75, 3.05) is 11.9 Å². The molecule has 112 valence electrons. The lowest BCUT2D eigenvalue weighted by Crippen LogP contribution is -2.38. The third kappa shape index (κ3) is 2.73. The average Bonchev–Trinajstić information content (AvgIpc) is 2.77. The molecule has 0 aliphatic carbocycles. The monoisotopic (exact) mass is 403 g/mol. The quantitative estimate of drug-likeness (QED) is 0.565. The number of hydrogen-bond acceptors (Lipinski definition) is 2. The van der Waals surface area contributed by atoms with Gasteiger partial charge in [0.1, 0.15) is 4.90 Å². The molecule has 2 atom stereocenters. The highest BCUT2D eigenvalue weighted by Gasteiger charge is 2.40. The second-order valence-electron chi connectivity index (χ2n) is 4.78. The second kappa shape index (κ2) is 6.08. The SMILES string of the molecule is CC1CCN(S(=O)(=O)c2ccc(Cl)c(F)c2Cl)C1CBr. The third-order valence-electron chi connectivity index (χ3n) is 3.58. The molecule has 2 rings (SSSR count).